The predicted octanol–water partition coefficient (Wildman–Crippen LogP) is 3.60. The molecule has 0 unspecified atom stereocenters. The molecular weight excluding hydrogens is 355 g/mol. The Morgan fingerprint density at radius 1 is 1.39 bits per heavy atom. The van der Waals surface area contributed by atoms with Crippen molar-refractivity contribution in [2.45, 2.75) is 37.7 Å². The first-order valence-corrected chi connectivity index (χ1v) is 8.92. The molecule has 9 heteroatoms. The number of likely N-dealkylation sites (tertiary alicyclic amines) is 1. The number of rotatable bonds is 5. The van der Waals surface area contributed by atoms with Gasteiger partial charge in [-0.25, -0.2) is 0 Å². The number of halogens is 4. The lowest BCUT2D eigenvalue weighted by Gasteiger charge is -2.20. The second kappa shape index (κ2) is 6.86. The first-order chi connectivity index (χ1) is 10.6. The third kappa shape index (κ3) is 4.51. The number of benzene rings is 1. The van der Waals surface area contributed by atoms with Crippen molar-refractivity contribution in [3.8, 4) is 5.75 Å². The van der Waals surface area contributed by atoms with Crippen molar-refractivity contribution in [2.75, 3.05) is 13.1 Å². The van der Waals surface area contributed by atoms with Gasteiger partial charge in [-0.3, -0.25) is 0 Å². The largest absolute Gasteiger partial charge is 0.534 e. The fourth-order valence-electron chi connectivity index (χ4n) is 2.53. The molecule has 23 heavy (non-hydrogen) atoms. The van der Waals surface area contributed by atoms with Crippen LogP contribution in [0, 0.1) is 0 Å². The zero-order valence-corrected chi connectivity index (χ0v) is 14.0. The lowest BCUT2D eigenvalue weighted by molar-refractivity contribution is -0.0500. The van der Waals surface area contributed by atoms with E-state index in [4.69, 9.17) is 11.6 Å². The van der Waals surface area contributed by atoms with Gasteiger partial charge in [0.25, 0.3) is 0 Å². The summed E-state index contributed by atoms with van der Waals surface area (Å²) in [5.74, 6) is -0.526. The summed E-state index contributed by atoms with van der Waals surface area (Å²) in [4.78, 5) is 2.33. The number of hydrogen-bond acceptors (Lipinski definition) is 4. The van der Waals surface area contributed by atoms with Crippen molar-refractivity contribution in [3.63, 3.8) is 0 Å². The Kier molecular flexibility index (Phi) is 5.48. The van der Waals surface area contributed by atoms with Crippen molar-refractivity contribution in [1.29, 1.82) is 0 Å². The van der Waals surface area contributed by atoms with E-state index < -0.39 is 21.4 Å². The van der Waals surface area contributed by atoms with Crippen LogP contribution in [0.1, 0.15) is 25.3 Å². The minimum Gasteiger partial charge on any atom is -0.374 e. The Morgan fingerprint density at radius 3 is 2.61 bits per heavy atom. The van der Waals surface area contributed by atoms with Gasteiger partial charge in [0, 0.05) is 12.6 Å². The zero-order chi connectivity index (χ0) is 17.3. The topological polar surface area (TPSA) is 46.6 Å². The lowest BCUT2D eigenvalue weighted by atomic mass is 10.1. The van der Waals surface area contributed by atoms with Crippen molar-refractivity contribution in [1.82, 2.24) is 4.90 Å². The van der Waals surface area contributed by atoms with Crippen LogP contribution < -0.4 is 4.18 Å². The van der Waals surface area contributed by atoms with Crippen molar-refractivity contribution in [3.05, 3.63) is 28.8 Å². The zero-order valence-electron chi connectivity index (χ0n) is 12.4. The normalized spacial score (nSPS) is 20.0. The molecule has 1 aliphatic heterocycles. The average molecular weight is 372 g/mol. The SMILES string of the molecule is C[C@@H]1CCCN1CCc1ccc(OS(=O)(=O)C(F)(F)F)c(Cl)c1. The minimum absolute atomic E-state index is 0.162. The van der Waals surface area contributed by atoms with Crippen LogP contribution in [-0.4, -0.2) is 38.0 Å². The molecule has 0 N–H and O–H groups in total. The van der Waals surface area contributed by atoms with Crippen LogP contribution in [0.3, 0.4) is 0 Å². The maximum atomic E-state index is 12.3. The Bertz CT molecular complexity index is 664. The quantitative estimate of drug-likeness (QED) is 0.586. The molecule has 0 bridgehead atoms. The Morgan fingerprint density at radius 2 is 2.09 bits per heavy atom. The van der Waals surface area contributed by atoms with Crippen LogP contribution in [0.25, 0.3) is 0 Å². The van der Waals surface area contributed by atoms with Gasteiger partial charge in [0.05, 0.1) is 5.02 Å². The molecule has 0 radical (unpaired) electrons. The first-order valence-electron chi connectivity index (χ1n) is 7.13. The highest BCUT2D eigenvalue weighted by Gasteiger charge is 2.48. The maximum absolute atomic E-state index is 12.3. The third-order valence-corrected chi connectivity index (χ3v) is 5.12. The van der Waals surface area contributed by atoms with Crippen LogP contribution in [-0.2, 0) is 16.5 Å². The third-order valence-electron chi connectivity index (χ3n) is 3.86. The summed E-state index contributed by atoms with van der Waals surface area (Å²) >= 11 is 5.84. The lowest BCUT2D eigenvalue weighted by Crippen LogP contribution is -2.29. The summed E-state index contributed by atoms with van der Waals surface area (Å²) in [6.07, 6.45) is 2.99. The second-order valence-electron chi connectivity index (χ2n) is 5.53. The van der Waals surface area contributed by atoms with Crippen LogP contribution >= 0.6 is 11.6 Å². The van der Waals surface area contributed by atoms with Gasteiger partial charge in [0.2, 0.25) is 0 Å². The van der Waals surface area contributed by atoms with E-state index in [1.807, 2.05) is 0 Å². The van der Waals surface area contributed by atoms with E-state index in [0.717, 1.165) is 37.6 Å². The summed E-state index contributed by atoms with van der Waals surface area (Å²) in [5.41, 5.74) is -4.67. The van der Waals surface area contributed by atoms with E-state index in [-0.39, 0.29) is 5.02 Å². The van der Waals surface area contributed by atoms with Gasteiger partial charge in [0.15, 0.2) is 5.75 Å². The molecule has 1 aliphatic rings. The van der Waals surface area contributed by atoms with Gasteiger partial charge >= 0.3 is 15.6 Å². The molecule has 0 aromatic heterocycles. The van der Waals surface area contributed by atoms with E-state index in [1.54, 1.807) is 0 Å². The van der Waals surface area contributed by atoms with Gasteiger partial charge in [0.1, 0.15) is 0 Å². The van der Waals surface area contributed by atoms with Gasteiger partial charge < -0.3 is 9.08 Å². The summed E-state index contributed by atoms with van der Waals surface area (Å²) in [6, 6.07) is 4.62. The maximum Gasteiger partial charge on any atom is 0.534 e. The Labute approximate surface area is 138 Å². The van der Waals surface area contributed by atoms with Gasteiger partial charge in [-0.2, -0.15) is 21.6 Å². The molecule has 0 spiro atoms. The Balaban J connectivity index is 2.03. The molecule has 130 valence electrons. The summed E-state index contributed by atoms with van der Waals surface area (Å²) in [7, 11) is -5.71. The van der Waals surface area contributed by atoms with Crippen molar-refractivity contribution >= 4 is 21.7 Å². The predicted molar refractivity (Wildman–Crippen MR) is 81.0 cm³/mol. The van der Waals surface area contributed by atoms with Crippen molar-refractivity contribution in [2.24, 2.45) is 0 Å². The van der Waals surface area contributed by atoms with Gasteiger partial charge in [-0.05, 0) is 50.4 Å². The second-order valence-corrected chi connectivity index (χ2v) is 7.47. The number of hydrogen-bond donors (Lipinski definition) is 0. The van der Waals surface area contributed by atoms with Crippen LogP contribution in [0.5, 0.6) is 5.75 Å². The molecule has 0 saturated carbocycles. The average Bonchev–Trinajstić information content (AvgIpc) is 2.83. The monoisotopic (exact) mass is 371 g/mol. The van der Waals surface area contributed by atoms with E-state index in [1.165, 1.54) is 12.1 Å². The molecule has 0 amide bonds. The molecular formula is C14H17ClF3NO3S. The molecule has 1 fully saturated rings. The molecule has 1 aromatic rings. The first kappa shape index (κ1) is 18.4. The fourth-order valence-corrected chi connectivity index (χ4v) is 3.29. The molecule has 0 aliphatic carbocycles. The van der Waals surface area contributed by atoms with E-state index >= 15 is 0 Å². The summed E-state index contributed by atoms with van der Waals surface area (Å²) < 4.78 is 62.9. The van der Waals surface area contributed by atoms with E-state index in [2.05, 4.69) is 16.0 Å². The number of alkyl halides is 3. The van der Waals surface area contributed by atoms with Crippen molar-refractivity contribution < 1.29 is 25.8 Å². The van der Waals surface area contributed by atoms with E-state index in [0.29, 0.717) is 12.5 Å². The van der Waals surface area contributed by atoms with Gasteiger partial charge in [-0.15, -0.1) is 0 Å². The number of nitrogens with zero attached hydrogens (tertiary/aromatic N) is 1. The molecule has 2 rings (SSSR count). The fraction of sp³-hybridized carbons (Fsp3) is 0.571. The summed E-state index contributed by atoms with van der Waals surface area (Å²) in [5, 5.41) is -0.162. The highest BCUT2D eigenvalue weighted by atomic mass is 35.5. The molecule has 1 atom stereocenters. The smallest absolute Gasteiger partial charge is 0.374 e. The van der Waals surface area contributed by atoms with Crippen LogP contribution in [0.15, 0.2) is 18.2 Å². The molecule has 4 nitrogen and oxygen atoms in total. The van der Waals surface area contributed by atoms with Crippen LogP contribution in [0.2, 0.25) is 5.02 Å². The summed E-state index contributed by atoms with van der Waals surface area (Å²) in [6.45, 7) is 4.00. The van der Waals surface area contributed by atoms with E-state index in [9.17, 15) is 21.6 Å². The highest BCUT2D eigenvalue weighted by Crippen LogP contribution is 2.32. The molecule has 1 saturated heterocycles. The molecule has 1 heterocycles. The molecule has 1 aromatic carbocycles. The van der Waals surface area contributed by atoms with Crippen LogP contribution in [0.4, 0.5) is 13.2 Å². The Hall–Kier alpha value is -0.990. The van der Waals surface area contributed by atoms with Gasteiger partial charge in [-0.1, -0.05) is 17.7 Å². The minimum atomic E-state index is -5.71. The standard InChI is InChI=1S/C14H17ClF3NO3S/c1-10-3-2-7-19(10)8-6-11-4-5-13(12(15)9-11)22-23(20,21)14(16,17)18/h4-5,9-10H,2-3,6-8H2,1H3/t10-/m1/s1. The highest BCUT2D eigenvalue weighted by molar-refractivity contribution is 7.88.